The average molecular weight is 339 g/mol. The van der Waals surface area contributed by atoms with E-state index in [1.165, 1.54) is 7.11 Å². The molecule has 2 aliphatic heterocycles. The minimum absolute atomic E-state index is 0.0874. The summed E-state index contributed by atoms with van der Waals surface area (Å²) in [5.41, 5.74) is 1.65. The predicted molar refractivity (Wildman–Crippen MR) is 87.0 cm³/mol. The highest BCUT2D eigenvalue weighted by atomic mass is 35.5. The van der Waals surface area contributed by atoms with Gasteiger partial charge in [0.25, 0.3) is 0 Å². The molecule has 0 bridgehead atoms. The standard InChI is InChI=1S/C16H19ClN2O4/c1-22-16(21)11-8-15(20)19(10-11)12-2-3-14(13(17)9-12)18-4-6-23-7-5-18/h2-3,9,11H,4-8,10H2,1H3/t11-/m1/s1. The van der Waals surface area contributed by atoms with Crippen LogP contribution in [0.1, 0.15) is 6.42 Å². The minimum Gasteiger partial charge on any atom is -0.469 e. The van der Waals surface area contributed by atoms with Gasteiger partial charge in [-0.3, -0.25) is 9.59 Å². The number of carbonyl (C=O) groups is 2. The number of hydrogen-bond donors (Lipinski definition) is 0. The molecule has 0 N–H and O–H groups in total. The van der Waals surface area contributed by atoms with Crippen LogP contribution < -0.4 is 9.80 Å². The van der Waals surface area contributed by atoms with Crippen LogP contribution in [0, 0.1) is 5.92 Å². The Morgan fingerprint density at radius 3 is 2.74 bits per heavy atom. The lowest BCUT2D eigenvalue weighted by atomic mass is 10.1. The van der Waals surface area contributed by atoms with Crippen molar-refractivity contribution in [2.45, 2.75) is 6.42 Å². The molecule has 2 heterocycles. The number of halogens is 1. The van der Waals surface area contributed by atoms with E-state index in [1.807, 2.05) is 12.1 Å². The van der Waals surface area contributed by atoms with E-state index in [4.69, 9.17) is 21.1 Å². The first kappa shape index (κ1) is 16.1. The van der Waals surface area contributed by atoms with Crippen LogP contribution in [0.2, 0.25) is 5.02 Å². The lowest BCUT2D eigenvalue weighted by molar-refractivity contribution is -0.145. The highest BCUT2D eigenvalue weighted by Gasteiger charge is 2.36. The predicted octanol–water partition coefficient (Wildman–Crippen LogP) is 1.70. The Hall–Kier alpha value is -1.79. The second kappa shape index (κ2) is 6.76. The molecule has 0 saturated carbocycles. The lowest BCUT2D eigenvalue weighted by Crippen LogP contribution is -2.36. The third-order valence-corrected chi connectivity index (χ3v) is 4.56. The fourth-order valence-electron chi connectivity index (χ4n) is 3.01. The van der Waals surface area contributed by atoms with Gasteiger partial charge >= 0.3 is 5.97 Å². The van der Waals surface area contributed by atoms with Crippen molar-refractivity contribution in [2.75, 3.05) is 49.8 Å². The molecular formula is C16H19ClN2O4. The van der Waals surface area contributed by atoms with E-state index in [9.17, 15) is 9.59 Å². The Morgan fingerprint density at radius 2 is 2.09 bits per heavy atom. The number of nitrogens with zero attached hydrogens (tertiary/aromatic N) is 2. The Labute approximate surface area is 139 Å². The van der Waals surface area contributed by atoms with Crippen LogP contribution in [0.4, 0.5) is 11.4 Å². The smallest absolute Gasteiger partial charge is 0.311 e. The van der Waals surface area contributed by atoms with Gasteiger partial charge in [0.15, 0.2) is 0 Å². The average Bonchev–Trinajstić information content (AvgIpc) is 2.96. The molecule has 0 unspecified atom stereocenters. The lowest BCUT2D eigenvalue weighted by Gasteiger charge is -2.30. The maximum absolute atomic E-state index is 12.2. The van der Waals surface area contributed by atoms with Crippen LogP contribution in [0.25, 0.3) is 0 Å². The number of carbonyl (C=O) groups excluding carboxylic acids is 2. The first-order valence-electron chi connectivity index (χ1n) is 7.60. The number of morpholine rings is 1. The summed E-state index contributed by atoms with van der Waals surface area (Å²) in [6, 6.07) is 5.57. The molecule has 7 heteroatoms. The van der Waals surface area contributed by atoms with Gasteiger partial charge in [0.1, 0.15) is 0 Å². The highest BCUT2D eigenvalue weighted by Crippen LogP contribution is 2.33. The van der Waals surface area contributed by atoms with Crippen molar-refractivity contribution in [1.82, 2.24) is 0 Å². The molecule has 1 aromatic carbocycles. The normalized spacial score (nSPS) is 21.7. The van der Waals surface area contributed by atoms with Crippen LogP contribution in [0.3, 0.4) is 0 Å². The van der Waals surface area contributed by atoms with E-state index in [1.54, 1.807) is 11.0 Å². The van der Waals surface area contributed by atoms with Gasteiger partial charge in [0.05, 0.1) is 37.0 Å². The van der Waals surface area contributed by atoms with Gasteiger partial charge in [-0.15, -0.1) is 0 Å². The van der Waals surface area contributed by atoms with Gasteiger partial charge in [-0.1, -0.05) is 11.6 Å². The van der Waals surface area contributed by atoms with Gasteiger partial charge in [0.2, 0.25) is 5.91 Å². The summed E-state index contributed by atoms with van der Waals surface area (Å²) in [6.45, 7) is 3.30. The third kappa shape index (κ3) is 3.28. The zero-order valence-corrected chi connectivity index (χ0v) is 13.7. The molecule has 0 aromatic heterocycles. The first-order chi connectivity index (χ1) is 11.1. The quantitative estimate of drug-likeness (QED) is 0.785. The van der Waals surface area contributed by atoms with E-state index in [0.717, 1.165) is 18.8 Å². The summed E-state index contributed by atoms with van der Waals surface area (Å²) < 4.78 is 10.1. The molecule has 0 aliphatic carbocycles. The molecule has 6 nitrogen and oxygen atoms in total. The highest BCUT2D eigenvalue weighted by molar-refractivity contribution is 6.33. The zero-order valence-electron chi connectivity index (χ0n) is 13.0. The summed E-state index contributed by atoms with van der Waals surface area (Å²) >= 11 is 6.40. The third-order valence-electron chi connectivity index (χ3n) is 4.25. The van der Waals surface area contributed by atoms with E-state index in [2.05, 4.69) is 4.90 Å². The molecule has 3 rings (SSSR count). The summed E-state index contributed by atoms with van der Waals surface area (Å²) in [7, 11) is 1.34. The molecule has 23 heavy (non-hydrogen) atoms. The molecule has 1 atom stereocenters. The first-order valence-corrected chi connectivity index (χ1v) is 7.98. The molecule has 2 fully saturated rings. The Balaban J connectivity index is 1.77. The van der Waals surface area contributed by atoms with Crippen molar-refractivity contribution in [1.29, 1.82) is 0 Å². The van der Waals surface area contributed by atoms with Crippen molar-refractivity contribution in [3.63, 3.8) is 0 Å². The number of rotatable bonds is 3. The van der Waals surface area contributed by atoms with Crippen LogP contribution in [0.5, 0.6) is 0 Å². The van der Waals surface area contributed by atoms with Gasteiger partial charge in [-0.2, -0.15) is 0 Å². The van der Waals surface area contributed by atoms with Gasteiger partial charge in [-0.05, 0) is 18.2 Å². The topological polar surface area (TPSA) is 59.1 Å². The number of amides is 1. The molecule has 2 saturated heterocycles. The summed E-state index contributed by atoms with van der Waals surface area (Å²) in [4.78, 5) is 27.5. The Morgan fingerprint density at radius 1 is 1.35 bits per heavy atom. The van der Waals surface area contributed by atoms with Crippen molar-refractivity contribution in [3.8, 4) is 0 Å². The maximum atomic E-state index is 12.2. The fraction of sp³-hybridized carbons (Fsp3) is 0.500. The van der Waals surface area contributed by atoms with Crippen molar-refractivity contribution < 1.29 is 19.1 Å². The Bertz CT molecular complexity index is 616. The number of esters is 1. The number of anilines is 2. The zero-order chi connectivity index (χ0) is 16.4. The number of hydrogen-bond acceptors (Lipinski definition) is 5. The SMILES string of the molecule is COC(=O)[C@@H]1CC(=O)N(c2ccc(N3CCOCC3)c(Cl)c2)C1. The van der Waals surface area contributed by atoms with Gasteiger partial charge in [0, 0.05) is 31.7 Å². The van der Waals surface area contributed by atoms with E-state index in [-0.39, 0.29) is 18.3 Å². The molecule has 1 amide bonds. The van der Waals surface area contributed by atoms with E-state index >= 15 is 0 Å². The second-order valence-corrected chi connectivity index (χ2v) is 6.07. The molecule has 2 aliphatic rings. The molecule has 1 aromatic rings. The largest absolute Gasteiger partial charge is 0.469 e. The molecule has 0 radical (unpaired) electrons. The van der Waals surface area contributed by atoms with E-state index in [0.29, 0.717) is 30.5 Å². The van der Waals surface area contributed by atoms with Gasteiger partial charge < -0.3 is 19.3 Å². The van der Waals surface area contributed by atoms with Crippen molar-refractivity contribution in [2.24, 2.45) is 5.92 Å². The monoisotopic (exact) mass is 338 g/mol. The van der Waals surface area contributed by atoms with Crippen LogP contribution in [-0.4, -0.2) is 51.8 Å². The second-order valence-electron chi connectivity index (χ2n) is 5.66. The summed E-state index contributed by atoms with van der Waals surface area (Å²) in [6.07, 6.45) is 0.176. The van der Waals surface area contributed by atoms with E-state index < -0.39 is 5.92 Å². The summed E-state index contributed by atoms with van der Waals surface area (Å²) in [5, 5.41) is 0.596. The number of benzene rings is 1. The fourth-order valence-corrected chi connectivity index (χ4v) is 3.30. The number of methoxy groups -OCH3 is 1. The molecular weight excluding hydrogens is 320 g/mol. The Kier molecular flexibility index (Phi) is 4.73. The van der Waals surface area contributed by atoms with Crippen LogP contribution in [0.15, 0.2) is 18.2 Å². The molecule has 124 valence electrons. The number of ether oxygens (including phenoxy) is 2. The van der Waals surface area contributed by atoms with Gasteiger partial charge in [-0.25, -0.2) is 0 Å². The van der Waals surface area contributed by atoms with Crippen LogP contribution in [-0.2, 0) is 19.1 Å². The summed E-state index contributed by atoms with van der Waals surface area (Å²) in [5.74, 6) is -0.849. The van der Waals surface area contributed by atoms with Crippen molar-refractivity contribution in [3.05, 3.63) is 23.2 Å². The van der Waals surface area contributed by atoms with Crippen LogP contribution >= 0.6 is 11.6 Å². The van der Waals surface area contributed by atoms with Crippen molar-refractivity contribution >= 4 is 34.9 Å². The minimum atomic E-state index is -0.412. The molecule has 0 spiro atoms. The maximum Gasteiger partial charge on any atom is 0.311 e.